The fraction of sp³-hybridized carbons (Fsp3) is 0.176. The Morgan fingerprint density at radius 2 is 2.00 bits per heavy atom. The number of hydrogen-bond acceptors (Lipinski definition) is 4. The number of amides is 1. The predicted octanol–water partition coefficient (Wildman–Crippen LogP) is 4.42. The minimum Gasteiger partial charge on any atom is -0.347 e. The maximum Gasteiger partial charge on any atom is 0.263 e. The summed E-state index contributed by atoms with van der Waals surface area (Å²) in [6.45, 7) is 4.47. The summed E-state index contributed by atoms with van der Waals surface area (Å²) < 4.78 is 0. The topological polar surface area (TPSA) is 42.0 Å². The Morgan fingerprint density at radius 3 is 2.73 bits per heavy atom. The molecule has 0 saturated carbocycles. The smallest absolute Gasteiger partial charge is 0.263 e. The molecule has 0 unspecified atom stereocenters. The van der Waals surface area contributed by atoms with E-state index < -0.39 is 0 Å². The SMILES string of the molecule is Cc1ccccc1CNC(=O)c1sc(-c2cccs2)nc1C. The van der Waals surface area contributed by atoms with E-state index in [-0.39, 0.29) is 5.91 Å². The van der Waals surface area contributed by atoms with Crippen molar-refractivity contribution in [3.63, 3.8) is 0 Å². The third kappa shape index (κ3) is 3.10. The van der Waals surface area contributed by atoms with E-state index in [0.29, 0.717) is 11.4 Å². The van der Waals surface area contributed by atoms with Gasteiger partial charge in [-0.3, -0.25) is 4.79 Å². The number of aromatic nitrogens is 1. The van der Waals surface area contributed by atoms with Crippen LogP contribution in [0.25, 0.3) is 9.88 Å². The fourth-order valence-electron chi connectivity index (χ4n) is 2.18. The number of aryl methyl sites for hydroxylation is 2. The molecule has 3 nitrogen and oxygen atoms in total. The van der Waals surface area contributed by atoms with Crippen molar-refractivity contribution < 1.29 is 4.79 Å². The van der Waals surface area contributed by atoms with E-state index in [9.17, 15) is 4.79 Å². The molecule has 5 heteroatoms. The molecule has 2 aromatic heterocycles. The van der Waals surface area contributed by atoms with E-state index in [0.717, 1.165) is 21.1 Å². The summed E-state index contributed by atoms with van der Waals surface area (Å²) in [6.07, 6.45) is 0. The van der Waals surface area contributed by atoms with Crippen molar-refractivity contribution in [1.82, 2.24) is 10.3 Å². The second-order valence-electron chi connectivity index (χ2n) is 5.02. The summed E-state index contributed by atoms with van der Waals surface area (Å²) in [5, 5.41) is 5.92. The highest BCUT2D eigenvalue weighted by atomic mass is 32.1. The number of carbonyl (C=O) groups is 1. The number of thiophene rings is 1. The molecular formula is C17H16N2OS2. The van der Waals surface area contributed by atoms with Crippen molar-refractivity contribution in [2.75, 3.05) is 0 Å². The van der Waals surface area contributed by atoms with Crippen LogP contribution in [0, 0.1) is 13.8 Å². The van der Waals surface area contributed by atoms with Crippen LogP contribution in [0.3, 0.4) is 0 Å². The van der Waals surface area contributed by atoms with Crippen molar-refractivity contribution >= 4 is 28.6 Å². The summed E-state index contributed by atoms with van der Waals surface area (Å²) in [4.78, 5) is 18.7. The molecule has 1 amide bonds. The van der Waals surface area contributed by atoms with Gasteiger partial charge < -0.3 is 5.32 Å². The Hall–Kier alpha value is -1.98. The summed E-state index contributed by atoms with van der Waals surface area (Å²) in [7, 11) is 0. The first kappa shape index (κ1) is 14.9. The Bertz CT molecular complexity index is 791. The maximum absolute atomic E-state index is 12.4. The predicted molar refractivity (Wildman–Crippen MR) is 92.5 cm³/mol. The number of nitrogens with one attached hydrogen (secondary N) is 1. The van der Waals surface area contributed by atoms with Gasteiger partial charge in [-0.2, -0.15) is 0 Å². The zero-order valence-electron chi connectivity index (χ0n) is 12.4. The van der Waals surface area contributed by atoms with Gasteiger partial charge in [0.2, 0.25) is 0 Å². The number of thiazole rings is 1. The van der Waals surface area contributed by atoms with Gasteiger partial charge >= 0.3 is 0 Å². The molecule has 0 atom stereocenters. The molecule has 0 radical (unpaired) electrons. The molecule has 0 aliphatic carbocycles. The normalized spacial score (nSPS) is 10.6. The highest BCUT2D eigenvalue weighted by Crippen LogP contribution is 2.31. The first-order valence-electron chi connectivity index (χ1n) is 6.99. The van der Waals surface area contributed by atoms with Crippen LogP contribution >= 0.6 is 22.7 Å². The number of hydrogen-bond donors (Lipinski definition) is 1. The van der Waals surface area contributed by atoms with Crippen LogP contribution in [-0.4, -0.2) is 10.9 Å². The zero-order chi connectivity index (χ0) is 15.5. The Morgan fingerprint density at radius 1 is 1.18 bits per heavy atom. The quantitative estimate of drug-likeness (QED) is 0.770. The molecule has 1 aromatic carbocycles. The van der Waals surface area contributed by atoms with E-state index in [1.807, 2.05) is 55.6 Å². The lowest BCUT2D eigenvalue weighted by Gasteiger charge is -2.07. The van der Waals surface area contributed by atoms with Crippen LogP contribution < -0.4 is 5.32 Å². The first-order chi connectivity index (χ1) is 10.6. The van der Waals surface area contributed by atoms with Gasteiger partial charge in [0.25, 0.3) is 5.91 Å². The van der Waals surface area contributed by atoms with E-state index in [4.69, 9.17) is 0 Å². The summed E-state index contributed by atoms with van der Waals surface area (Å²) in [5.41, 5.74) is 3.11. The second-order valence-corrected chi connectivity index (χ2v) is 6.97. The fourth-order valence-corrected chi connectivity index (χ4v) is 3.96. The third-order valence-corrected chi connectivity index (χ3v) is 5.63. The molecule has 3 aromatic rings. The lowest BCUT2D eigenvalue weighted by atomic mass is 10.1. The van der Waals surface area contributed by atoms with E-state index in [1.165, 1.54) is 16.9 Å². The maximum atomic E-state index is 12.4. The van der Waals surface area contributed by atoms with Gasteiger partial charge in [0.1, 0.15) is 9.88 Å². The molecule has 2 heterocycles. The van der Waals surface area contributed by atoms with Crippen molar-refractivity contribution in [3.8, 4) is 9.88 Å². The van der Waals surface area contributed by atoms with Gasteiger partial charge in [-0.1, -0.05) is 30.3 Å². The summed E-state index contributed by atoms with van der Waals surface area (Å²) in [6, 6.07) is 12.1. The molecule has 0 fully saturated rings. The minimum absolute atomic E-state index is 0.0546. The second kappa shape index (κ2) is 6.42. The lowest BCUT2D eigenvalue weighted by molar-refractivity contribution is 0.0954. The van der Waals surface area contributed by atoms with Crippen molar-refractivity contribution in [1.29, 1.82) is 0 Å². The van der Waals surface area contributed by atoms with Gasteiger partial charge in [-0.15, -0.1) is 22.7 Å². The average Bonchev–Trinajstić information content (AvgIpc) is 3.15. The number of nitrogens with zero attached hydrogens (tertiary/aromatic N) is 1. The number of benzene rings is 1. The molecule has 0 aliphatic rings. The van der Waals surface area contributed by atoms with E-state index in [2.05, 4.69) is 10.3 Å². The van der Waals surface area contributed by atoms with Gasteiger partial charge in [0.05, 0.1) is 10.6 Å². The molecule has 0 spiro atoms. The van der Waals surface area contributed by atoms with Crippen LogP contribution in [0.5, 0.6) is 0 Å². The van der Waals surface area contributed by atoms with Crippen LogP contribution in [0.1, 0.15) is 26.5 Å². The Labute approximate surface area is 137 Å². The molecule has 0 bridgehead atoms. The first-order valence-corrected chi connectivity index (χ1v) is 8.69. The largest absolute Gasteiger partial charge is 0.347 e. The molecule has 1 N–H and O–H groups in total. The lowest BCUT2D eigenvalue weighted by Crippen LogP contribution is -2.22. The summed E-state index contributed by atoms with van der Waals surface area (Å²) >= 11 is 3.09. The molecule has 22 heavy (non-hydrogen) atoms. The highest BCUT2D eigenvalue weighted by Gasteiger charge is 2.16. The standard InChI is InChI=1S/C17H16N2OS2/c1-11-6-3-4-7-13(11)10-18-16(20)15-12(2)19-17(22-15)14-8-5-9-21-14/h3-9H,10H2,1-2H3,(H,18,20). The molecule has 3 rings (SSSR count). The summed E-state index contributed by atoms with van der Waals surface area (Å²) in [5.74, 6) is -0.0546. The molecule has 112 valence electrons. The molecular weight excluding hydrogens is 312 g/mol. The van der Waals surface area contributed by atoms with Gasteiger partial charge in [0.15, 0.2) is 0 Å². The zero-order valence-corrected chi connectivity index (χ0v) is 14.1. The Kier molecular flexibility index (Phi) is 4.36. The third-order valence-electron chi connectivity index (χ3n) is 3.44. The minimum atomic E-state index is -0.0546. The highest BCUT2D eigenvalue weighted by molar-refractivity contribution is 7.22. The van der Waals surface area contributed by atoms with Crippen LogP contribution in [0.2, 0.25) is 0 Å². The number of carbonyl (C=O) groups excluding carboxylic acids is 1. The van der Waals surface area contributed by atoms with Crippen molar-refractivity contribution in [2.24, 2.45) is 0 Å². The van der Waals surface area contributed by atoms with E-state index in [1.54, 1.807) is 11.3 Å². The van der Waals surface area contributed by atoms with E-state index >= 15 is 0 Å². The van der Waals surface area contributed by atoms with Crippen LogP contribution in [-0.2, 0) is 6.54 Å². The van der Waals surface area contributed by atoms with Crippen LogP contribution in [0.15, 0.2) is 41.8 Å². The molecule has 0 aliphatic heterocycles. The van der Waals surface area contributed by atoms with Crippen molar-refractivity contribution in [3.05, 3.63) is 63.5 Å². The number of rotatable bonds is 4. The van der Waals surface area contributed by atoms with Gasteiger partial charge in [-0.05, 0) is 36.4 Å². The monoisotopic (exact) mass is 328 g/mol. The van der Waals surface area contributed by atoms with Crippen molar-refractivity contribution in [2.45, 2.75) is 20.4 Å². The molecule has 0 saturated heterocycles. The van der Waals surface area contributed by atoms with Gasteiger partial charge in [0, 0.05) is 6.54 Å². The van der Waals surface area contributed by atoms with Gasteiger partial charge in [-0.25, -0.2) is 4.98 Å². The van der Waals surface area contributed by atoms with Crippen LogP contribution in [0.4, 0.5) is 0 Å². The Balaban J connectivity index is 1.74. The average molecular weight is 328 g/mol.